The Labute approximate surface area is 135 Å². The van der Waals surface area contributed by atoms with Crippen molar-refractivity contribution in [1.82, 2.24) is 20.8 Å². The Morgan fingerprint density at radius 3 is 2.39 bits per heavy atom. The molecule has 7 nitrogen and oxygen atoms in total. The van der Waals surface area contributed by atoms with Gasteiger partial charge >= 0.3 is 6.03 Å². The maximum atomic E-state index is 12.0. The van der Waals surface area contributed by atoms with E-state index in [1.54, 1.807) is 0 Å². The van der Waals surface area contributed by atoms with Gasteiger partial charge in [-0.25, -0.2) is 4.79 Å². The van der Waals surface area contributed by atoms with Crippen LogP contribution in [0.3, 0.4) is 0 Å². The van der Waals surface area contributed by atoms with Gasteiger partial charge in [0.1, 0.15) is 5.54 Å². The second-order valence-corrected chi connectivity index (χ2v) is 6.84. The van der Waals surface area contributed by atoms with E-state index >= 15 is 0 Å². The molecule has 2 aliphatic rings. The highest BCUT2D eigenvalue weighted by Gasteiger charge is 2.48. The van der Waals surface area contributed by atoms with Crippen molar-refractivity contribution in [2.75, 3.05) is 18.0 Å². The van der Waals surface area contributed by atoms with Crippen LogP contribution in [0.5, 0.6) is 0 Å². The van der Waals surface area contributed by atoms with Crippen molar-refractivity contribution in [3.63, 3.8) is 0 Å². The number of amides is 3. The minimum atomic E-state index is -0.795. The highest BCUT2D eigenvalue weighted by molar-refractivity contribution is 6.06. The van der Waals surface area contributed by atoms with Gasteiger partial charge in [0.15, 0.2) is 5.82 Å². The van der Waals surface area contributed by atoms with Crippen LogP contribution in [0.15, 0.2) is 12.1 Å². The summed E-state index contributed by atoms with van der Waals surface area (Å²) in [4.78, 5) is 25.6. The molecule has 0 saturated carbocycles. The van der Waals surface area contributed by atoms with Crippen LogP contribution >= 0.6 is 0 Å². The second kappa shape index (κ2) is 5.79. The summed E-state index contributed by atoms with van der Waals surface area (Å²) < 4.78 is 0. The lowest BCUT2D eigenvalue weighted by Gasteiger charge is -2.38. The lowest BCUT2D eigenvalue weighted by atomic mass is 9.79. The van der Waals surface area contributed by atoms with Crippen molar-refractivity contribution in [2.45, 2.75) is 45.1 Å². The van der Waals surface area contributed by atoms with Crippen molar-refractivity contribution < 1.29 is 9.59 Å². The van der Waals surface area contributed by atoms with Crippen LogP contribution in [0.4, 0.5) is 10.6 Å². The van der Waals surface area contributed by atoms with Gasteiger partial charge in [-0.05, 0) is 43.7 Å². The fourth-order valence-electron chi connectivity index (χ4n) is 3.34. The molecule has 2 aliphatic heterocycles. The van der Waals surface area contributed by atoms with Crippen LogP contribution < -0.4 is 15.5 Å². The monoisotopic (exact) mass is 317 g/mol. The minimum absolute atomic E-state index is 0.132. The van der Waals surface area contributed by atoms with E-state index in [0.717, 1.165) is 37.4 Å². The summed E-state index contributed by atoms with van der Waals surface area (Å²) in [6.07, 6.45) is 1.66. The number of rotatable bonds is 3. The summed E-state index contributed by atoms with van der Waals surface area (Å²) in [5.74, 6) is 1.15. The summed E-state index contributed by atoms with van der Waals surface area (Å²) in [5.41, 5.74) is 0.192. The first-order valence-corrected chi connectivity index (χ1v) is 8.12. The summed E-state index contributed by atoms with van der Waals surface area (Å²) in [5, 5.41) is 13.7. The molecule has 1 aromatic heterocycles. The van der Waals surface area contributed by atoms with E-state index in [1.807, 2.05) is 19.1 Å². The predicted molar refractivity (Wildman–Crippen MR) is 86.1 cm³/mol. The van der Waals surface area contributed by atoms with Gasteiger partial charge < -0.3 is 10.2 Å². The predicted octanol–water partition coefficient (Wildman–Crippen LogP) is 1.41. The maximum absolute atomic E-state index is 12.0. The number of hydrogen-bond donors (Lipinski definition) is 2. The Balaban J connectivity index is 1.64. The minimum Gasteiger partial charge on any atom is -0.355 e. The fraction of sp³-hybridized carbons (Fsp3) is 0.625. The van der Waals surface area contributed by atoms with Gasteiger partial charge in [-0.1, -0.05) is 13.8 Å². The van der Waals surface area contributed by atoms with Crippen LogP contribution in [0, 0.1) is 5.92 Å². The summed E-state index contributed by atoms with van der Waals surface area (Å²) in [6, 6.07) is 3.63. The Bertz CT molecular complexity index is 607. The van der Waals surface area contributed by atoms with Crippen molar-refractivity contribution in [3.05, 3.63) is 17.8 Å². The number of carbonyl (C=O) groups excluding carboxylic acids is 2. The van der Waals surface area contributed by atoms with Crippen LogP contribution in [0.2, 0.25) is 0 Å². The number of piperidine rings is 1. The van der Waals surface area contributed by atoms with E-state index < -0.39 is 11.6 Å². The van der Waals surface area contributed by atoms with E-state index in [4.69, 9.17) is 0 Å². The lowest BCUT2D eigenvalue weighted by molar-refractivity contribution is -0.125. The van der Waals surface area contributed by atoms with Gasteiger partial charge in [0.25, 0.3) is 5.91 Å². The molecule has 0 aliphatic carbocycles. The molecule has 2 saturated heterocycles. The van der Waals surface area contributed by atoms with Crippen LogP contribution in [0.25, 0.3) is 0 Å². The average molecular weight is 317 g/mol. The van der Waals surface area contributed by atoms with Crippen molar-refractivity contribution in [2.24, 2.45) is 5.92 Å². The van der Waals surface area contributed by atoms with Crippen LogP contribution in [-0.4, -0.2) is 40.8 Å². The van der Waals surface area contributed by atoms with E-state index in [9.17, 15) is 9.59 Å². The molecule has 3 rings (SSSR count). The Kier molecular flexibility index (Phi) is 3.95. The van der Waals surface area contributed by atoms with Gasteiger partial charge in [-0.3, -0.25) is 10.1 Å². The number of hydrogen-bond acceptors (Lipinski definition) is 5. The highest BCUT2D eigenvalue weighted by atomic mass is 16.2. The summed E-state index contributed by atoms with van der Waals surface area (Å²) in [7, 11) is 0. The number of carbonyl (C=O) groups is 2. The third-order valence-corrected chi connectivity index (χ3v) is 4.97. The number of nitrogens with one attached hydrogen (secondary N) is 2. The molecule has 23 heavy (non-hydrogen) atoms. The molecule has 0 radical (unpaired) electrons. The molecule has 3 heterocycles. The fourth-order valence-corrected chi connectivity index (χ4v) is 3.34. The summed E-state index contributed by atoms with van der Waals surface area (Å²) in [6.45, 7) is 7.61. The Morgan fingerprint density at radius 2 is 1.91 bits per heavy atom. The molecule has 0 unspecified atom stereocenters. The molecule has 0 bridgehead atoms. The second-order valence-electron chi connectivity index (χ2n) is 6.84. The molecule has 3 amide bonds. The average Bonchev–Trinajstić information content (AvgIpc) is 2.81. The zero-order valence-corrected chi connectivity index (χ0v) is 13.8. The van der Waals surface area contributed by atoms with Crippen molar-refractivity contribution in [3.8, 4) is 0 Å². The first-order valence-electron chi connectivity index (χ1n) is 8.12. The Hall–Kier alpha value is -2.18. The number of imide groups is 1. The van der Waals surface area contributed by atoms with E-state index in [1.165, 1.54) is 0 Å². The third kappa shape index (κ3) is 2.87. The van der Waals surface area contributed by atoms with E-state index in [2.05, 4.69) is 39.6 Å². The van der Waals surface area contributed by atoms with Gasteiger partial charge in [0.2, 0.25) is 0 Å². The molecule has 7 heteroatoms. The molecular weight excluding hydrogens is 294 g/mol. The number of urea groups is 1. The molecule has 2 fully saturated rings. The largest absolute Gasteiger partial charge is 0.355 e. The molecule has 0 aromatic carbocycles. The molecule has 0 spiro atoms. The van der Waals surface area contributed by atoms with Gasteiger partial charge in [0.05, 0.1) is 5.69 Å². The van der Waals surface area contributed by atoms with E-state index in [-0.39, 0.29) is 11.8 Å². The standard InChI is InChI=1S/C16H23N5O2/c1-10(2)12-4-5-13(20-19-12)21-8-6-11(7-9-21)16(3)14(22)17-15(23)18-16/h4-5,10-11H,6-9H2,1-3H3,(H2,17,18,22,23)/t16-/m1/s1. The van der Waals surface area contributed by atoms with Crippen molar-refractivity contribution >= 4 is 17.8 Å². The lowest BCUT2D eigenvalue weighted by Crippen LogP contribution is -2.53. The zero-order valence-electron chi connectivity index (χ0n) is 13.8. The van der Waals surface area contributed by atoms with Crippen LogP contribution in [-0.2, 0) is 4.79 Å². The van der Waals surface area contributed by atoms with Gasteiger partial charge in [-0.2, -0.15) is 5.10 Å². The number of aromatic nitrogens is 2. The molecule has 1 aromatic rings. The SMILES string of the molecule is CC(C)c1ccc(N2CCC([C@@]3(C)NC(=O)NC3=O)CC2)nn1. The molecule has 124 valence electrons. The van der Waals surface area contributed by atoms with Gasteiger partial charge in [-0.15, -0.1) is 5.10 Å². The van der Waals surface area contributed by atoms with Crippen molar-refractivity contribution in [1.29, 1.82) is 0 Å². The molecule has 1 atom stereocenters. The molecule has 2 N–H and O–H groups in total. The topological polar surface area (TPSA) is 87.2 Å². The first-order chi connectivity index (χ1) is 10.9. The first kappa shape index (κ1) is 15.7. The quantitative estimate of drug-likeness (QED) is 0.823. The zero-order chi connectivity index (χ0) is 16.6. The smallest absolute Gasteiger partial charge is 0.322 e. The normalized spacial score (nSPS) is 25.7. The summed E-state index contributed by atoms with van der Waals surface area (Å²) >= 11 is 0. The number of anilines is 1. The van der Waals surface area contributed by atoms with E-state index in [0.29, 0.717) is 5.92 Å². The highest BCUT2D eigenvalue weighted by Crippen LogP contribution is 2.32. The third-order valence-electron chi connectivity index (χ3n) is 4.97. The number of nitrogens with zero attached hydrogens (tertiary/aromatic N) is 3. The maximum Gasteiger partial charge on any atom is 0.322 e. The Morgan fingerprint density at radius 1 is 1.22 bits per heavy atom. The van der Waals surface area contributed by atoms with Crippen LogP contribution in [0.1, 0.15) is 45.2 Å². The van der Waals surface area contributed by atoms with Gasteiger partial charge in [0, 0.05) is 13.1 Å². The molecular formula is C16H23N5O2.